The molecule has 2 aliphatic rings. The summed E-state index contributed by atoms with van der Waals surface area (Å²) in [6.45, 7) is 2.77. The predicted octanol–water partition coefficient (Wildman–Crippen LogP) is 5.58. The molecule has 1 unspecified atom stereocenters. The van der Waals surface area contributed by atoms with E-state index in [4.69, 9.17) is 39.9 Å². The molecular weight excluding hydrogens is 583 g/mol. The number of piperidine rings is 1. The van der Waals surface area contributed by atoms with Crippen LogP contribution in [0.4, 0.5) is 0 Å². The highest BCUT2D eigenvalue weighted by molar-refractivity contribution is 7.76. The molecule has 9 nitrogen and oxygen atoms in total. The number of carbonyl (C=O) groups excluding carboxylic acids is 1. The molecule has 0 bridgehead atoms. The zero-order valence-electron chi connectivity index (χ0n) is 21.2. The summed E-state index contributed by atoms with van der Waals surface area (Å²) in [6.07, 6.45) is 4.93. The van der Waals surface area contributed by atoms with E-state index in [9.17, 15) is 13.6 Å². The van der Waals surface area contributed by atoms with Gasteiger partial charge in [-0.05, 0) is 56.0 Å². The smallest absolute Gasteiger partial charge is 0.286 e. The van der Waals surface area contributed by atoms with Gasteiger partial charge in [0.2, 0.25) is 11.3 Å². The highest BCUT2D eigenvalue weighted by Crippen LogP contribution is 2.35. The van der Waals surface area contributed by atoms with E-state index in [1.807, 2.05) is 22.2 Å². The minimum Gasteiger partial charge on any atom is -0.293 e. The summed E-state index contributed by atoms with van der Waals surface area (Å²) in [5.74, 6) is -0.393. The van der Waals surface area contributed by atoms with Crippen LogP contribution in [0.3, 0.4) is 0 Å². The fourth-order valence-corrected chi connectivity index (χ4v) is 6.24. The Morgan fingerprint density at radius 1 is 0.949 bits per heavy atom. The lowest BCUT2D eigenvalue weighted by molar-refractivity contribution is 0.0719. The molecule has 1 amide bonds. The van der Waals surface area contributed by atoms with Crippen molar-refractivity contribution in [2.45, 2.75) is 38.6 Å². The molecule has 0 aliphatic carbocycles. The Labute approximate surface area is 245 Å². The molecule has 39 heavy (non-hydrogen) atoms. The molecule has 2 saturated heterocycles. The van der Waals surface area contributed by atoms with Crippen LogP contribution < -0.4 is 5.43 Å². The molecule has 13 heteroatoms. The number of carbonyl (C=O) groups is 1. The Morgan fingerprint density at radius 3 is 2.23 bits per heavy atom. The van der Waals surface area contributed by atoms with E-state index >= 15 is 0 Å². The van der Waals surface area contributed by atoms with Crippen LogP contribution in [0.25, 0.3) is 16.9 Å². The van der Waals surface area contributed by atoms with Gasteiger partial charge < -0.3 is 0 Å². The lowest BCUT2D eigenvalue weighted by Crippen LogP contribution is -2.46. The fourth-order valence-electron chi connectivity index (χ4n) is 5.03. The number of amides is 1. The van der Waals surface area contributed by atoms with Crippen LogP contribution in [0.1, 0.15) is 48.2 Å². The third-order valence-electron chi connectivity index (χ3n) is 6.94. The minimum absolute atomic E-state index is 0.0188. The number of hydrazine groups is 2. The zero-order valence-corrected chi connectivity index (χ0v) is 24.2. The van der Waals surface area contributed by atoms with E-state index in [-0.39, 0.29) is 12.2 Å². The van der Waals surface area contributed by atoms with E-state index in [0.29, 0.717) is 45.1 Å². The standard InChI is InChI=1S/C26H29Cl3N6O3S/c27-19-8-6-18(7-9-19)25-21(17-34(39(37)38)33-14-4-5-15-33)24(26(36)31-32-12-2-1-3-13-32)30-35(25)23-11-10-20(28)16-22(23)29/h6-11,16H,1-5,12-15,17H2,(H,31,36)(H,37,38). The number of benzene rings is 2. The Morgan fingerprint density at radius 2 is 1.59 bits per heavy atom. The molecule has 208 valence electrons. The van der Waals surface area contributed by atoms with E-state index in [1.165, 1.54) is 4.41 Å². The fraction of sp³-hybridized carbons (Fsp3) is 0.385. The van der Waals surface area contributed by atoms with Crippen molar-refractivity contribution in [3.05, 3.63) is 68.8 Å². The number of halogens is 3. The van der Waals surface area contributed by atoms with Crippen LogP contribution in [0, 0.1) is 0 Å². The number of nitrogens with one attached hydrogen (secondary N) is 1. The van der Waals surface area contributed by atoms with Crippen molar-refractivity contribution in [2.75, 3.05) is 26.2 Å². The molecule has 0 spiro atoms. The Kier molecular flexibility index (Phi) is 9.25. The topological polar surface area (TPSA) is 93.9 Å². The maximum Gasteiger partial charge on any atom is 0.286 e. The second-order valence-electron chi connectivity index (χ2n) is 9.58. The van der Waals surface area contributed by atoms with Crippen LogP contribution >= 0.6 is 34.8 Å². The van der Waals surface area contributed by atoms with Crippen molar-refractivity contribution in [1.82, 2.24) is 29.6 Å². The lowest BCUT2D eigenvalue weighted by Gasteiger charge is -2.28. The van der Waals surface area contributed by atoms with Crippen molar-refractivity contribution >= 4 is 52.0 Å². The second-order valence-corrected chi connectivity index (χ2v) is 11.7. The molecule has 0 radical (unpaired) electrons. The molecule has 2 fully saturated rings. The molecule has 5 rings (SSSR count). The van der Waals surface area contributed by atoms with Gasteiger partial charge in [-0.1, -0.05) is 53.4 Å². The summed E-state index contributed by atoms with van der Waals surface area (Å²) in [5, 5.41) is 9.87. The van der Waals surface area contributed by atoms with Crippen LogP contribution in [-0.4, -0.2) is 65.1 Å². The van der Waals surface area contributed by atoms with Gasteiger partial charge in [0, 0.05) is 47.4 Å². The third-order valence-corrected chi connectivity index (χ3v) is 8.45. The highest BCUT2D eigenvalue weighted by Gasteiger charge is 2.32. The lowest BCUT2D eigenvalue weighted by atomic mass is 10.0. The van der Waals surface area contributed by atoms with Crippen molar-refractivity contribution in [2.24, 2.45) is 0 Å². The summed E-state index contributed by atoms with van der Waals surface area (Å²) in [4.78, 5) is 13.8. The Hall–Kier alpha value is -2.02. The largest absolute Gasteiger partial charge is 0.293 e. The second kappa shape index (κ2) is 12.7. The number of nitrogens with zero attached hydrogens (tertiary/aromatic N) is 5. The van der Waals surface area contributed by atoms with E-state index in [2.05, 4.69) is 5.43 Å². The number of hydrogen-bond acceptors (Lipinski definition) is 5. The number of rotatable bonds is 8. The molecule has 1 atom stereocenters. The SMILES string of the molecule is O=C(NN1CCCCC1)c1nn(-c2ccc(Cl)cc2Cl)c(-c2ccc(Cl)cc2)c1CN(N1CCCC1)S(=O)O. The summed E-state index contributed by atoms with van der Waals surface area (Å²) < 4.78 is 25.8. The van der Waals surface area contributed by atoms with Crippen molar-refractivity contribution in [3.63, 3.8) is 0 Å². The third kappa shape index (κ3) is 6.49. The van der Waals surface area contributed by atoms with Gasteiger partial charge in [0.25, 0.3) is 5.91 Å². The number of hydrogen-bond donors (Lipinski definition) is 2. The first-order valence-corrected chi connectivity index (χ1v) is 15.0. The summed E-state index contributed by atoms with van der Waals surface area (Å²) in [6, 6.07) is 12.2. The summed E-state index contributed by atoms with van der Waals surface area (Å²) >= 11 is 16.7. The molecule has 3 aromatic rings. The molecule has 2 N–H and O–H groups in total. The average Bonchev–Trinajstić information content (AvgIpc) is 3.57. The summed E-state index contributed by atoms with van der Waals surface area (Å²) in [5.41, 5.74) is 5.43. The van der Waals surface area contributed by atoms with Crippen molar-refractivity contribution in [3.8, 4) is 16.9 Å². The van der Waals surface area contributed by atoms with Crippen LogP contribution in [0.15, 0.2) is 42.5 Å². The molecule has 0 saturated carbocycles. The number of aromatic nitrogens is 2. The molecular formula is C26H29Cl3N6O3S. The van der Waals surface area contributed by atoms with Gasteiger partial charge in [-0.15, -0.1) is 4.41 Å². The monoisotopic (exact) mass is 610 g/mol. The zero-order chi connectivity index (χ0) is 27.5. The van der Waals surface area contributed by atoms with Gasteiger partial charge in [-0.2, -0.15) is 5.10 Å². The average molecular weight is 612 g/mol. The molecule has 2 aliphatic heterocycles. The van der Waals surface area contributed by atoms with Crippen LogP contribution in [0.2, 0.25) is 15.1 Å². The highest BCUT2D eigenvalue weighted by atomic mass is 35.5. The van der Waals surface area contributed by atoms with E-state index < -0.39 is 17.2 Å². The maximum atomic E-state index is 13.8. The first-order chi connectivity index (χ1) is 18.8. The van der Waals surface area contributed by atoms with Gasteiger partial charge in [0.15, 0.2) is 5.69 Å². The van der Waals surface area contributed by atoms with Gasteiger partial charge in [-0.3, -0.25) is 14.8 Å². The molecule has 2 aromatic carbocycles. The van der Waals surface area contributed by atoms with Gasteiger partial charge >= 0.3 is 0 Å². The minimum atomic E-state index is -2.32. The predicted molar refractivity (Wildman–Crippen MR) is 154 cm³/mol. The van der Waals surface area contributed by atoms with Crippen LogP contribution in [0.5, 0.6) is 0 Å². The van der Waals surface area contributed by atoms with E-state index in [0.717, 1.165) is 50.8 Å². The maximum absolute atomic E-state index is 13.8. The van der Waals surface area contributed by atoms with Gasteiger partial charge in [0.05, 0.1) is 22.9 Å². The van der Waals surface area contributed by atoms with Crippen molar-refractivity contribution in [1.29, 1.82) is 0 Å². The van der Waals surface area contributed by atoms with Crippen molar-refractivity contribution < 1.29 is 13.6 Å². The first kappa shape index (κ1) is 28.5. The van der Waals surface area contributed by atoms with Gasteiger partial charge in [0.1, 0.15) is 0 Å². The molecule has 3 heterocycles. The quantitative estimate of drug-likeness (QED) is 0.323. The van der Waals surface area contributed by atoms with Gasteiger partial charge in [-0.25, -0.2) is 18.9 Å². The summed E-state index contributed by atoms with van der Waals surface area (Å²) in [7, 11) is 0. The Balaban J connectivity index is 1.68. The Bertz CT molecular complexity index is 1360. The normalized spacial score (nSPS) is 17.6. The van der Waals surface area contributed by atoms with E-state index in [1.54, 1.807) is 35.0 Å². The first-order valence-electron chi connectivity index (χ1n) is 12.8. The van der Waals surface area contributed by atoms with Crippen LogP contribution in [-0.2, 0) is 17.8 Å². The molecule has 1 aromatic heterocycles.